The third-order valence-corrected chi connectivity index (χ3v) is 6.05. The minimum absolute atomic E-state index is 0.164. The number of pyridine rings is 1. The van der Waals surface area contributed by atoms with Crippen LogP contribution in [0.4, 0.5) is 4.79 Å². The highest BCUT2D eigenvalue weighted by molar-refractivity contribution is 7.87. The Kier molecular flexibility index (Phi) is 8.68. The lowest BCUT2D eigenvalue weighted by atomic mass is 10.1. The van der Waals surface area contributed by atoms with Gasteiger partial charge in [-0.15, -0.1) is 11.3 Å². The SMILES string of the molecule is NS(=O)(=O)NCCCC[C@H](NC(=O)OCc1ccccc1)c1csc(-c2ccncc2)n1. The summed E-state index contributed by atoms with van der Waals surface area (Å²) < 4.78 is 29.6. The molecule has 1 atom stereocenters. The molecule has 0 unspecified atom stereocenters. The van der Waals surface area contributed by atoms with Crippen LogP contribution in [-0.4, -0.2) is 31.0 Å². The van der Waals surface area contributed by atoms with Crippen molar-refractivity contribution in [1.29, 1.82) is 0 Å². The average Bonchev–Trinajstić information content (AvgIpc) is 3.27. The first-order valence-corrected chi connectivity index (χ1v) is 12.4. The molecule has 2 aromatic heterocycles. The third-order valence-electron chi connectivity index (χ3n) is 4.53. The van der Waals surface area contributed by atoms with Crippen molar-refractivity contribution < 1.29 is 17.9 Å². The molecule has 2 heterocycles. The van der Waals surface area contributed by atoms with Crippen LogP contribution in [0, 0.1) is 0 Å². The van der Waals surface area contributed by atoms with E-state index in [0.29, 0.717) is 19.3 Å². The molecule has 4 N–H and O–H groups in total. The number of hydrogen-bond donors (Lipinski definition) is 3. The van der Waals surface area contributed by atoms with Crippen LogP contribution in [0.2, 0.25) is 0 Å². The van der Waals surface area contributed by atoms with Gasteiger partial charge in [-0.2, -0.15) is 8.42 Å². The molecule has 0 spiro atoms. The lowest BCUT2D eigenvalue weighted by Crippen LogP contribution is -2.32. The van der Waals surface area contributed by atoms with Gasteiger partial charge in [-0.25, -0.2) is 19.6 Å². The lowest BCUT2D eigenvalue weighted by Gasteiger charge is -2.17. The molecule has 0 aliphatic carbocycles. The van der Waals surface area contributed by atoms with Gasteiger partial charge in [0.05, 0.1) is 11.7 Å². The molecule has 11 heteroatoms. The van der Waals surface area contributed by atoms with Crippen LogP contribution in [-0.2, 0) is 21.6 Å². The maximum absolute atomic E-state index is 12.4. The Labute approximate surface area is 191 Å². The Morgan fingerprint density at radius 3 is 2.59 bits per heavy atom. The lowest BCUT2D eigenvalue weighted by molar-refractivity contribution is 0.134. The number of aromatic nitrogens is 2. The molecule has 32 heavy (non-hydrogen) atoms. The van der Waals surface area contributed by atoms with E-state index < -0.39 is 16.3 Å². The first kappa shape index (κ1) is 23.8. The molecule has 170 valence electrons. The van der Waals surface area contributed by atoms with E-state index in [1.54, 1.807) is 12.4 Å². The first-order chi connectivity index (χ1) is 15.4. The molecule has 3 rings (SSSR count). The number of nitrogens with one attached hydrogen (secondary N) is 2. The van der Waals surface area contributed by atoms with Crippen molar-refractivity contribution in [1.82, 2.24) is 20.0 Å². The molecule has 9 nitrogen and oxygen atoms in total. The van der Waals surface area contributed by atoms with Crippen LogP contribution < -0.4 is 15.2 Å². The van der Waals surface area contributed by atoms with Gasteiger partial charge in [0.2, 0.25) is 0 Å². The Morgan fingerprint density at radius 2 is 1.88 bits per heavy atom. The van der Waals surface area contributed by atoms with Crippen molar-refractivity contribution in [2.45, 2.75) is 31.9 Å². The molecule has 0 radical (unpaired) electrons. The van der Waals surface area contributed by atoms with Gasteiger partial charge in [-0.1, -0.05) is 30.3 Å². The number of carbonyl (C=O) groups excluding carboxylic acids is 1. The van der Waals surface area contributed by atoms with Gasteiger partial charge < -0.3 is 10.1 Å². The minimum Gasteiger partial charge on any atom is -0.445 e. The maximum Gasteiger partial charge on any atom is 0.408 e. The van der Waals surface area contributed by atoms with Crippen LogP contribution in [0.25, 0.3) is 10.6 Å². The minimum atomic E-state index is -3.71. The molecule has 0 aliphatic heterocycles. The number of ether oxygens (including phenoxy) is 1. The van der Waals surface area contributed by atoms with E-state index in [1.807, 2.05) is 47.8 Å². The quantitative estimate of drug-likeness (QED) is 0.365. The number of amides is 1. The highest BCUT2D eigenvalue weighted by atomic mass is 32.2. The van der Waals surface area contributed by atoms with Gasteiger partial charge in [0.25, 0.3) is 10.2 Å². The number of carbonyl (C=O) groups is 1. The zero-order valence-electron chi connectivity index (χ0n) is 17.3. The van der Waals surface area contributed by atoms with E-state index in [0.717, 1.165) is 21.8 Å². The number of unbranched alkanes of at least 4 members (excludes halogenated alkanes) is 1. The van der Waals surface area contributed by atoms with Crippen LogP contribution in [0.1, 0.15) is 36.6 Å². The molecule has 1 amide bonds. The average molecular weight is 476 g/mol. The van der Waals surface area contributed by atoms with Crippen LogP contribution in [0.3, 0.4) is 0 Å². The summed E-state index contributed by atoms with van der Waals surface area (Å²) >= 11 is 1.48. The monoisotopic (exact) mass is 475 g/mol. The molecule has 0 aliphatic rings. The summed E-state index contributed by atoms with van der Waals surface area (Å²) in [4.78, 5) is 21.1. The Morgan fingerprint density at radius 1 is 1.12 bits per heavy atom. The summed E-state index contributed by atoms with van der Waals surface area (Å²) in [7, 11) is -3.71. The fraction of sp³-hybridized carbons (Fsp3) is 0.286. The number of thiazole rings is 1. The van der Waals surface area contributed by atoms with Crippen molar-refractivity contribution >= 4 is 27.6 Å². The van der Waals surface area contributed by atoms with Crippen molar-refractivity contribution in [3.8, 4) is 10.6 Å². The predicted molar refractivity (Wildman–Crippen MR) is 123 cm³/mol. The summed E-state index contributed by atoms with van der Waals surface area (Å²) in [5, 5.41) is 10.6. The Hall–Kier alpha value is -2.86. The van der Waals surface area contributed by atoms with Gasteiger partial charge in [0.1, 0.15) is 11.6 Å². The van der Waals surface area contributed by atoms with E-state index in [9.17, 15) is 13.2 Å². The van der Waals surface area contributed by atoms with E-state index in [2.05, 4.69) is 20.0 Å². The second kappa shape index (κ2) is 11.7. The van der Waals surface area contributed by atoms with E-state index >= 15 is 0 Å². The van der Waals surface area contributed by atoms with E-state index in [-0.39, 0.29) is 19.2 Å². The second-order valence-electron chi connectivity index (χ2n) is 7.01. The van der Waals surface area contributed by atoms with Gasteiger partial charge in [-0.3, -0.25) is 4.98 Å². The van der Waals surface area contributed by atoms with Gasteiger partial charge in [-0.05, 0) is 37.0 Å². The smallest absolute Gasteiger partial charge is 0.408 e. The molecule has 0 saturated carbocycles. The number of nitrogens with two attached hydrogens (primary N) is 1. The molecule has 3 aromatic rings. The summed E-state index contributed by atoms with van der Waals surface area (Å²) in [5.41, 5.74) is 2.55. The summed E-state index contributed by atoms with van der Waals surface area (Å²) in [5.74, 6) is 0. The first-order valence-electron chi connectivity index (χ1n) is 10.0. The number of alkyl carbamates (subject to hydrolysis) is 1. The van der Waals surface area contributed by atoms with Crippen molar-refractivity contribution in [2.24, 2.45) is 5.14 Å². The predicted octanol–water partition coefficient (Wildman–Crippen LogP) is 3.14. The number of hydrogen-bond acceptors (Lipinski definition) is 7. The van der Waals surface area contributed by atoms with Gasteiger partial charge in [0.15, 0.2) is 0 Å². The standard InChI is InChI=1S/C21H25N5O4S2/c22-32(28,29)24-11-5-4-8-18(26-21(27)30-14-16-6-2-1-3-7-16)19-15-31-20(25-19)17-9-12-23-13-10-17/h1-3,6-7,9-10,12-13,15,18,24H,4-5,8,11,14H2,(H,26,27)(H2,22,28,29)/t18-/m0/s1. The highest BCUT2D eigenvalue weighted by Gasteiger charge is 2.19. The summed E-state index contributed by atoms with van der Waals surface area (Å²) in [6, 6.07) is 12.8. The Bertz CT molecular complexity index is 1090. The zero-order chi connectivity index (χ0) is 22.8. The molecular formula is C21H25N5O4S2. The van der Waals surface area contributed by atoms with E-state index in [1.165, 1.54) is 11.3 Å². The largest absolute Gasteiger partial charge is 0.445 e. The van der Waals surface area contributed by atoms with Crippen molar-refractivity contribution in [3.63, 3.8) is 0 Å². The van der Waals surface area contributed by atoms with Crippen molar-refractivity contribution in [3.05, 3.63) is 71.5 Å². The molecule has 1 aromatic carbocycles. The molecule has 0 saturated heterocycles. The zero-order valence-corrected chi connectivity index (χ0v) is 18.9. The highest BCUT2D eigenvalue weighted by Crippen LogP contribution is 2.28. The third kappa shape index (κ3) is 8.00. The normalized spacial score (nSPS) is 12.3. The number of nitrogens with zero attached hydrogens (tertiary/aromatic N) is 2. The van der Waals surface area contributed by atoms with Crippen molar-refractivity contribution in [2.75, 3.05) is 6.54 Å². The van der Waals surface area contributed by atoms with Crippen LogP contribution in [0.5, 0.6) is 0 Å². The fourth-order valence-corrected chi connectivity index (χ4v) is 4.27. The number of benzene rings is 1. The summed E-state index contributed by atoms with van der Waals surface area (Å²) in [6.07, 6.45) is 4.63. The second-order valence-corrected chi connectivity index (χ2v) is 9.24. The van der Waals surface area contributed by atoms with Gasteiger partial charge in [0, 0.05) is 29.9 Å². The maximum atomic E-state index is 12.4. The fourth-order valence-electron chi connectivity index (χ4n) is 2.96. The van der Waals surface area contributed by atoms with E-state index in [4.69, 9.17) is 9.88 Å². The van der Waals surface area contributed by atoms with Gasteiger partial charge >= 0.3 is 6.09 Å². The van der Waals surface area contributed by atoms with Crippen LogP contribution in [0.15, 0.2) is 60.2 Å². The molecule has 0 bridgehead atoms. The van der Waals surface area contributed by atoms with Crippen LogP contribution >= 0.6 is 11.3 Å². The summed E-state index contributed by atoms with van der Waals surface area (Å²) in [6.45, 7) is 0.389. The Balaban J connectivity index is 1.62. The number of rotatable bonds is 11. The molecular weight excluding hydrogens is 450 g/mol. The molecule has 0 fully saturated rings. The topological polar surface area (TPSA) is 136 Å².